The Kier molecular flexibility index (Phi) is 5.93. The minimum Gasteiger partial charge on any atom is -0.324 e. The third-order valence-electron chi connectivity index (χ3n) is 4.29. The fraction of sp³-hybridized carbons (Fsp3) is 0.143. The van der Waals surface area contributed by atoms with Crippen LogP contribution in [0, 0.1) is 6.92 Å². The molecular formula is C21H19N3O5S. The molecule has 0 aliphatic rings. The number of nitrogens with one attached hydrogen (secondary N) is 1. The third-order valence-corrected chi connectivity index (χ3v) is 5.96. The fourth-order valence-electron chi connectivity index (χ4n) is 2.68. The Bertz CT molecular complexity index is 1280. The van der Waals surface area contributed by atoms with Crippen LogP contribution in [0.2, 0.25) is 0 Å². The van der Waals surface area contributed by atoms with Gasteiger partial charge in [-0.25, -0.2) is 13.1 Å². The van der Waals surface area contributed by atoms with Crippen LogP contribution in [-0.2, 0) is 21.2 Å². The number of anilines is 1. The molecule has 1 amide bonds. The van der Waals surface area contributed by atoms with E-state index in [0.29, 0.717) is 11.3 Å². The third kappa shape index (κ3) is 4.69. The number of carbonyl (C=O) groups is 2. The smallest absolute Gasteiger partial charge is 0.267 e. The van der Waals surface area contributed by atoms with Crippen molar-refractivity contribution >= 4 is 27.2 Å². The van der Waals surface area contributed by atoms with Crippen LogP contribution in [0.25, 0.3) is 0 Å². The Balaban J connectivity index is 1.84. The molecule has 8 nitrogen and oxygen atoms in total. The van der Waals surface area contributed by atoms with E-state index < -0.39 is 27.8 Å². The highest BCUT2D eigenvalue weighted by Crippen LogP contribution is 2.18. The summed E-state index contributed by atoms with van der Waals surface area (Å²) >= 11 is 0. The first kappa shape index (κ1) is 21.1. The first-order valence-corrected chi connectivity index (χ1v) is 10.5. The summed E-state index contributed by atoms with van der Waals surface area (Å²) in [4.78, 5) is 35.9. The van der Waals surface area contributed by atoms with E-state index >= 15 is 0 Å². The number of aromatic nitrogens is 2. The molecule has 0 fully saturated rings. The molecule has 1 heterocycles. The molecule has 0 saturated carbocycles. The molecule has 0 unspecified atom stereocenters. The summed E-state index contributed by atoms with van der Waals surface area (Å²) in [6, 6.07) is 14.7. The number of rotatable bonds is 6. The topological polar surface area (TPSA) is 115 Å². The van der Waals surface area contributed by atoms with E-state index in [-0.39, 0.29) is 15.7 Å². The summed E-state index contributed by atoms with van der Waals surface area (Å²) in [5.74, 6) is -0.742. The van der Waals surface area contributed by atoms with Crippen molar-refractivity contribution in [2.24, 2.45) is 0 Å². The number of amides is 1. The second-order valence-corrected chi connectivity index (χ2v) is 8.57. The van der Waals surface area contributed by atoms with E-state index in [1.54, 1.807) is 30.3 Å². The van der Waals surface area contributed by atoms with Crippen LogP contribution in [0.5, 0.6) is 0 Å². The lowest BCUT2D eigenvalue weighted by Crippen LogP contribution is -2.30. The van der Waals surface area contributed by atoms with Gasteiger partial charge in [0.2, 0.25) is 15.7 Å². The number of hydrogen-bond acceptors (Lipinski definition) is 6. The number of aryl methyl sites for hydroxylation is 1. The summed E-state index contributed by atoms with van der Waals surface area (Å²) in [7, 11) is -3.94. The number of sulfone groups is 1. The molecule has 0 bridgehead atoms. The van der Waals surface area contributed by atoms with Crippen molar-refractivity contribution in [3.05, 3.63) is 82.1 Å². The minimum absolute atomic E-state index is 0.0382. The van der Waals surface area contributed by atoms with Gasteiger partial charge in [-0.05, 0) is 44.2 Å². The average Bonchev–Trinajstić information content (AvgIpc) is 2.70. The van der Waals surface area contributed by atoms with Gasteiger partial charge in [0.05, 0.1) is 4.90 Å². The maximum Gasteiger partial charge on any atom is 0.267 e. The zero-order valence-corrected chi connectivity index (χ0v) is 17.1. The highest BCUT2D eigenvalue weighted by Gasteiger charge is 2.21. The Hall–Kier alpha value is -3.59. The molecule has 1 N–H and O–H groups in total. The number of benzene rings is 2. The van der Waals surface area contributed by atoms with Crippen molar-refractivity contribution in [3.63, 3.8) is 0 Å². The molecule has 30 heavy (non-hydrogen) atoms. The molecule has 154 valence electrons. The summed E-state index contributed by atoms with van der Waals surface area (Å²) < 4.78 is 26.3. The monoisotopic (exact) mass is 425 g/mol. The SMILES string of the molecule is CC(=O)c1cccc(NC(=O)Cn2nc(S(=O)(=O)c3ccc(C)cc3)ccc2=O)c1. The van der Waals surface area contributed by atoms with Crippen molar-refractivity contribution in [3.8, 4) is 0 Å². The molecule has 2 aromatic carbocycles. The standard InChI is InChI=1S/C21H19N3O5S/c1-14-6-8-18(9-7-14)30(28,29)20-10-11-21(27)24(23-20)13-19(26)22-17-5-3-4-16(12-17)15(2)25/h3-12H,13H2,1-2H3,(H,22,26). The van der Waals surface area contributed by atoms with Crippen molar-refractivity contribution < 1.29 is 18.0 Å². The average molecular weight is 425 g/mol. The van der Waals surface area contributed by atoms with Crippen LogP contribution in [0.4, 0.5) is 5.69 Å². The second kappa shape index (κ2) is 8.42. The quantitative estimate of drug-likeness (QED) is 0.606. The van der Waals surface area contributed by atoms with Crippen LogP contribution in [0.1, 0.15) is 22.8 Å². The summed E-state index contributed by atoms with van der Waals surface area (Å²) in [6.07, 6.45) is 0. The molecule has 0 radical (unpaired) electrons. The number of ketones is 1. The molecule has 0 aliphatic carbocycles. The van der Waals surface area contributed by atoms with Crippen molar-refractivity contribution in [1.29, 1.82) is 0 Å². The molecular weight excluding hydrogens is 406 g/mol. The van der Waals surface area contributed by atoms with E-state index in [1.807, 2.05) is 6.92 Å². The molecule has 0 saturated heterocycles. The zero-order chi connectivity index (χ0) is 21.9. The van der Waals surface area contributed by atoms with Crippen molar-refractivity contribution in [1.82, 2.24) is 9.78 Å². The van der Waals surface area contributed by atoms with E-state index in [2.05, 4.69) is 10.4 Å². The van der Waals surface area contributed by atoms with Gasteiger partial charge in [0.25, 0.3) is 5.56 Å². The van der Waals surface area contributed by atoms with Gasteiger partial charge >= 0.3 is 0 Å². The van der Waals surface area contributed by atoms with Gasteiger partial charge < -0.3 is 5.32 Å². The first-order chi connectivity index (χ1) is 14.2. The Morgan fingerprint density at radius 2 is 1.73 bits per heavy atom. The normalized spacial score (nSPS) is 11.1. The van der Waals surface area contributed by atoms with E-state index in [1.165, 1.54) is 25.1 Å². The van der Waals surface area contributed by atoms with E-state index in [9.17, 15) is 22.8 Å². The lowest BCUT2D eigenvalue weighted by Gasteiger charge is -2.09. The van der Waals surface area contributed by atoms with E-state index in [4.69, 9.17) is 0 Å². The molecule has 9 heteroatoms. The number of Topliss-reactive ketones (excluding diaryl/α,β-unsaturated/α-hetero) is 1. The van der Waals surface area contributed by atoms with Crippen LogP contribution in [0.3, 0.4) is 0 Å². The fourth-order valence-corrected chi connectivity index (χ4v) is 3.87. The van der Waals surface area contributed by atoms with Gasteiger partial charge in [0.15, 0.2) is 10.8 Å². The number of carbonyl (C=O) groups excluding carboxylic acids is 2. The maximum absolute atomic E-state index is 12.8. The van der Waals surface area contributed by atoms with Crippen molar-refractivity contribution in [2.45, 2.75) is 30.3 Å². The number of nitrogens with zero attached hydrogens (tertiary/aromatic N) is 2. The van der Waals surface area contributed by atoms with Crippen LogP contribution >= 0.6 is 0 Å². The first-order valence-electron chi connectivity index (χ1n) is 8.97. The number of hydrogen-bond donors (Lipinski definition) is 1. The molecule has 0 atom stereocenters. The van der Waals surface area contributed by atoms with Gasteiger partial charge in [0.1, 0.15) is 6.54 Å². The molecule has 0 spiro atoms. The maximum atomic E-state index is 12.8. The predicted octanol–water partition coefficient (Wildman–Crippen LogP) is 2.23. The van der Waals surface area contributed by atoms with Crippen LogP contribution in [0.15, 0.2) is 75.4 Å². The Morgan fingerprint density at radius 3 is 2.40 bits per heavy atom. The van der Waals surface area contributed by atoms with Gasteiger partial charge in [-0.15, -0.1) is 0 Å². The largest absolute Gasteiger partial charge is 0.324 e. The predicted molar refractivity (Wildman–Crippen MR) is 110 cm³/mol. The van der Waals surface area contributed by atoms with Crippen LogP contribution < -0.4 is 10.9 Å². The molecule has 0 aliphatic heterocycles. The lowest BCUT2D eigenvalue weighted by atomic mass is 10.1. The second-order valence-electron chi connectivity index (χ2n) is 6.67. The van der Waals surface area contributed by atoms with Crippen molar-refractivity contribution in [2.75, 3.05) is 5.32 Å². The molecule has 1 aromatic heterocycles. The van der Waals surface area contributed by atoms with Gasteiger partial charge in [-0.2, -0.15) is 5.10 Å². The summed E-state index contributed by atoms with van der Waals surface area (Å²) in [5, 5.41) is 6.10. The highest BCUT2D eigenvalue weighted by molar-refractivity contribution is 7.91. The van der Waals surface area contributed by atoms with Gasteiger partial charge in [0, 0.05) is 17.3 Å². The van der Waals surface area contributed by atoms with Gasteiger partial charge in [-0.1, -0.05) is 29.8 Å². The zero-order valence-electron chi connectivity index (χ0n) is 16.3. The van der Waals surface area contributed by atoms with E-state index in [0.717, 1.165) is 22.4 Å². The minimum atomic E-state index is -3.94. The summed E-state index contributed by atoms with van der Waals surface area (Å²) in [5.41, 5.74) is 1.08. The lowest BCUT2D eigenvalue weighted by molar-refractivity contribution is -0.117. The molecule has 3 aromatic rings. The van der Waals surface area contributed by atoms with Gasteiger partial charge in [-0.3, -0.25) is 14.4 Å². The Morgan fingerprint density at radius 1 is 1.03 bits per heavy atom. The highest BCUT2D eigenvalue weighted by atomic mass is 32.2. The Labute approximate surface area is 173 Å². The molecule has 3 rings (SSSR count). The van der Waals surface area contributed by atoms with Crippen LogP contribution in [-0.4, -0.2) is 29.9 Å². The summed E-state index contributed by atoms with van der Waals surface area (Å²) in [6.45, 7) is 2.75.